The highest BCUT2D eigenvalue weighted by atomic mass is 15.3. The van der Waals surface area contributed by atoms with E-state index in [9.17, 15) is 0 Å². The van der Waals surface area contributed by atoms with Crippen LogP contribution < -0.4 is 0 Å². The number of likely N-dealkylation sites (tertiary alicyclic amines) is 1. The van der Waals surface area contributed by atoms with Crippen LogP contribution in [0, 0.1) is 5.92 Å². The molecule has 102 valence electrons. The molecule has 0 aromatic carbocycles. The number of rotatable bonds is 7. The quantitative estimate of drug-likeness (QED) is 0.697. The van der Waals surface area contributed by atoms with E-state index in [1.54, 1.807) is 6.33 Å². The van der Waals surface area contributed by atoms with Gasteiger partial charge in [-0.2, -0.15) is 5.10 Å². The maximum absolute atomic E-state index is 4.19. The summed E-state index contributed by atoms with van der Waals surface area (Å²) in [5, 5.41) is 4.19. The summed E-state index contributed by atoms with van der Waals surface area (Å²) >= 11 is 0. The summed E-state index contributed by atoms with van der Waals surface area (Å²) < 4.78 is 1.97. The van der Waals surface area contributed by atoms with Crippen LogP contribution in [0.2, 0.25) is 0 Å². The zero-order chi connectivity index (χ0) is 12.6. The Morgan fingerprint density at radius 2 is 2.00 bits per heavy atom. The van der Waals surface area contributed by atoms with Crippen molar-refractivity contribution in [3.63, 3.8) is 0 Å². The Morgan fingerprint density at radius 1 is 1.17 bits per heavy atom. The van der Waals surface area contributed by atoms with E-state index in [0.29, 0.717) is 0 Å². The Hall–Kier alpha value is -0.900. The average molecular weight is 250 g/mol. The van der Waals surface area contributed by atoms with Crippen LogP contribution >= 0.6 is 0 Å². The van der Waals surface area contributed by atoms with Crippen LogP contribution in [0.4, 0.5) is 0 Å². The topological polar surface area (TPSA) is 34.0 Å². The minimum atomic E-state index is 0.790. The third kappa shape index (κ3) is 4.41. The highest BCUT2D eigenvalue weighted by Gasteiger charge is 2.19. The molecule has 1 aromatic heterocycles. The van der Waals surface area contributed by atoms with Gasteiger partial charge < -0.3 is 4.90 Å². The lowest BCUT2D eigenvalue weighted by Crippen LogP contribution is -2.35. The van der Waals surface area contributed by atoms with Gasteiger partial charge in [0.25, 0.3) is 0 Å². The van der Waals surface area contributed by atoms with Crippen LogP contribution in [0.25, 0.3) is 0 Å². The second kappa shape index (κ2) is 7.52. The van der Waals surface area contributed by atoms with E-state index in [0.717, 1.165) is 12.5 Å². The Bertz CT molecular complexity index is 302. The zero-order valence-electron chi connectivity index (χ0n) is 11.6. The van der Waals surface area contributed by atoms with E-state index in [1.165, 1.54) is 58.2 Å². The molecule has 1 aliphatic rings. The molecule has 1 aliphatic heterocycles. The third-order valence-electron chi connectivity index (χ3n) is 3.95. The van der Waals surface area contributed by atoms with Gasteiger partial charge in [-0.15, -0.1) is 0 Å². The summed E-state index contributed by atoms with van der Waals surface area (Å²) in [6, 6.07) is 0. The molecule has 1 fully saturated rings. The van der Waals surface area contributed by atoms with Crippen molar-refractivity contribution in [3.05, 3.63) is 12.7 Å². The van der Waals surface area contributed by atoms with Crippen molar-refractivity contribution in [2.75, 3.05) is 19.6 Å². The fraction of sp³-hybridized carbons (Fsp3) is 0.857. The zero-order valence-corrected chi connectivity index (χ0v) is 11.6. The molecule has 0 N–H and O–H groups in total. The van der Waals surface area contributed by atoms with Crippen molar-refractivity contribution in [3.8, 4) is 0 Å². The van der Waals surface area contributed by atoms with E-state index in [2.05, 4.69) is 21.9 Å². The standard InChI is InChI=1S/C14H26N4/c1-2-3-4-5-8-17-9-6-14(7-10-17)11-18-13-15-12-16-18/h12-14H,2-11H2,1H3. The van der Waals surface area contributed by atoms with Gasteiger partial charge in [-0.1, -0.05) is 26.2 Å². The number of hydrogen-bond acceptors (Lipinski definition) is 3. The second-order valence-corrected chi connectivity index (χ2v) is 5.46. The van der Waals surface area contributed by atoms with E-state index in [4.69, 9.17) is 0 Å². The van der Waals surface area contributed by atoms with Crippen molar-refractivity contribution >= 4 is 0 Å². The van der Waals surface area contributed by atoms with E-state index in [-0.39, 0.29) is 0 Å². The first-order valence-corrected chi connectivity index (χ1v) is 7.43. The molecule has 18 heavy (non-hydrogen) atoms. The molecule has 0 unspecified atom stereocenters. The molecule has 0 bridgehead atoms. The van der Waals surface area contributed by atoms with Gasteiger partial charge in [0.1, 0.15) is 12.7 Å². The molecular formula is C14H26N4. The van der Waals surface area contributed by atoms with Crippen molar-refractivity contribution in [1.82, 2.24) is 19.7 Å². The summed E-state index contributed by atoms with van der Waals surface area (Å²) in [6.07, 6.45) is 11.6. The molecule has 4 nitrogen and oxygen atoms in total. The summed E-state index contributed by atoms with van der Waals surface area (Å²) in [5.74, 6) is 0.790. The maximum atomic E-state index is 4.19. The molecule has 2 rings (SSSR count). The van der Waals surface area contributed by atoms with Crippen LogP contribution in [0.5, 0.6) is 0 Å². The van der Waals surface area contributed by atoms with Crippen LogP contribution in [-0.2, 0) is 6.54 Å². The van der Waals surface area contributed by atoms with Crippen LogP contribution in [0.15, 0.2) is 12.7 Å². The van der Waals surface area contributed by atoms with Crippen molar-refractivity contribution < 1.29 is 0 Å². The second-order valence-electron chi connectivity index (χ2n) is 5.46. The molecular weight excluding hydrogens is 224 g/mol. The molecule has 0 atom stereocenters. The van der Waals surface area contributed by atoms with Crippen molar-refractivity contribution in [2.24, 2.45) is 5.92 Å². The van der Waals surface area contributed by atoms with Gasteiger partial charge in [-0.25, -0.2) is 4.98 Å². The Morgan fingerprint density at radius 3 is 2.67 bits per heavy atom. The SMILES string of the molecule is CCCCCCN1CCC(Cn2cncn2)CC1. The summed E-state index contributed by atoms with van der Waals surface area (Å²) in [5.41, 5.74) is 0. The molecule has 0 radical (unpaired) electrons. The Kier molecular flexibility index (Phi) is 5.65. The van der Waals surface area contributed by atoms with Crippen LogP contribution in [0.1, 0.15) is 45.4 Å². The molecule has 0 aliphatic carbocycles. The number of hydrogen-bond donors (Lipinski definition) is 0. The molecule has 2 heterocycles. The van der Waals surface area contributed by atoms with Crippen LogP contribution in [0.3, 0.4) is 0 Å². The maximum Gasteiger partial charge on any atom is 0.137 e. The lowest BCUT2D eigenvalue weighted by Gasteiger charge is -2.31. The Labute approximate surface area is 110 Å². The fourth-order valence-electron chi connectivity index (χ4n) is 2.75. The van der Waals surface area contributed by atoms with Gasteiger partial charge >= 0.3 is 0 Å². The van der Waals surface area contributed by atoms with Gasteiger partial charge in [0.15, 0.2) is 0 Å². The normalized spacial score (nSPS) is 18.3. The number of piperidine rings is 1. The van der Waals surface area contributed by atoms with Crippen molar-refractivity contribution in [1.29, 1.82) is 0 Å². The first-order chi connectivity index (χ1) is 8.88. The summed E-state index contributed by atoms with van der Waals surface area (Å²) in [4.78, 5) is 6.63. The first-order valence-electron chi connectivity index (χ1n) is 7.43. The molecule has 1 aromatic rings. The highest BCUT2D eigenvalue weighted by Crippen LogP contribution is 2.19. The molecule has 0 saturated carbocycles. The van der Waals surface area contributed by atoms with Gasteiger partial charge in [0.05, 0.1) is 0 Å². The van der Waals surface area contributed by atoms with E-state index < -0.39 is 0 Å². The summed E-state index contributed by atoms with van der Waals surface area (Å²) in [6.45, 7) is 7.16. The molecule has 1 saturated heterocycles. The molecule has 0 amide bonds. The lowest BCUT2D eigenvalue weighted by atomic mass is 9.96. The van der Waals surface area contributed by atoms with E-state index in [1.807, 2.05) is 11.0 Å². The third-order valence-corrected chi connectivity index (χ3v) is 3.95. The number of nitrogens with zero attached hydrogens (tertiary/aromatic N) is 4. The lowest BCUT2D eigenvalue weighted by molar-refractivity contribution is 0.168. The highest BCUT2D eigenvalue weighted by molar-refractivity contribution is 4.73. The minimum Gasteiger partial charge on any atom is -0.303 e. The summed E-state index contributed by atoms with van der Waals surface area (Å²) in [7, 11) is 0. The predicted molar refractivity (Wildman–Crippen MR) is 73.3 cm³/mol. The van der Waals surface area contributed by atoms with Gasteiger partial charge in [-0.05, 0) is 44.8 Å². The molecule has 0 spiro atoms. The van der Waals surface area contributed by atoms with Crippen LogP contribution in [-0.4, -0.2) is 39.3 Å². The van der Waals surface area contributed by atoms with Gasteiger partial charge in [0, 0.05) is 6.54 Å². The monoisotopic (exact) mass is 250 g/mol. The predicted octanol–water partition coefficient (Wildman–Crippen LogP) is 2.57. The Balaban J connectivity index is 1.59. The average Bonchev–Trinajstić information content (AvgIpc) is 2.89. The number of unbranched alkanes of at least 4 members (excludes halogenated alkanes) is 3. The fourth-order valence-corrected chi connectivity index (χ4v) is 2.75. The number of aromatic nitrogens is 3. The van der Waals surface area contributed by atoms with E-state index >= 15 is 0 Å². The minimum absolute atomic E-state index is 0.790. The van der Waals surface area contributed by atoms with Gasteiger partial charge in [0.2, 0.25) is 0 Å². The molecule has 4 heteroatoms. The van der Waals surface area contributed by atoms with Gasteiger partial charge in [-0.3, -0.25) is 4.68 Å². The smallest absolute Gasteiger partial charge is 0.137 e. The largest absolute Gasteiger partial charge is 0.303 e. The van der Waals surface area contributed by atoms with Crippen molar-refractivity contribution in [2.45, 2.75) is 52.0 Å². The first kappa shape index (κ1) is 13.5.